The molecule has 0 bridgehead atoms. The van der Waals surface area contributed by atoms with Crippen LogP contribution < -0.4 is 15.2 Å². The summed E-state index contributed by atoms with van der Waals surface area (Å²) in [5.74, 6) is -0.732. The van der Waals surface area contributed by atoms with Crippen molar-refractivity contribution in [1.82, 2.24) is 0 Å². The zero-order chi connectivity index (χ0) is 15.6. The number of halogens is 3. The van der Waals surface area contributed by atoms with Crippen molar-refractivity contribution < 1.29 is 18.3 Å². The Morgan fingerprint density at radius 3 is 2.29 bits per heavy atom. The maximum absolute atomic E-state index is 14.2. The first-order valence-corrected chi connectivity index (χ1v) is 6.48. The number of ether oxygens (including phenoxy) is 2. The zero-order valence-electron chi connectivity index (χ0n) is 11.5. The molecule has 21 heavy (non-hydrogen) atoms. The summed E-state index contributed by atoms with van der Waals surface area (Å²) in [6, 6.07) is 5.94. The van der Waals surface area contributed by atoms with E-state index in [1.807, 2.05) is 0 Å². The summed E-state index contributed by atoms with van der Waals surface area (Å²) in [5.41, 5.74) is 6.16. The third kappa shape index (κ3) is 2.94. The molecule has 0 aliphatic carbocycles. The van der Waals surface area contributed by atoms with E-state index in [0.29, 0.717) is 5.75 Å². The van der Waals surface area contributed by atoms with Crippen LogP contribution in [0.3, 0.4) is 0 Å². The van der Waals surface area contributed by atoms with E-state index in [-0.39, 0.29) is 21.9 Å². The van der Waals surface area contributed by atoms with Crippen LogP contribution >= 0.6 is 11.6 Å². The van der Waals surface area contributed by atoms with E-state index in [2.05, 4.69) is 0 Å². The summed E-state index contributed by atoms with van der Waals surface area (Å²) in [7, 11) is 2.82. The van der Waals surface area contributed by atoms with E-state index >= 15 is 0 Å². The van der Waals surface area contributed by atoms with Gasteiger partial charge in [0.05, 0.1) is 25.3 Å². The Balaban J connectivity index is 2.53. The number of hydrogen-bond acceptors (Lipinski definition) is 3. The Labute approximate surface area is 126 Å². The van der Waals surface area contributed by atoms with Crippen LogP contribution in [0.1, 0.15) is 17.2 Å². The maximum atomic E-state index is 14.2. The van der Waals surface area contributed by atoms with Crippen LogP contribution in [-0.2, 0) is 0 Å². The van der Waals surface area contributed by atoms with Gasteiger partial charge in [0.25, 0.3) is 0 Å². The third-order valence-electron chi connectivity index (χ3n) is 3.15. The molecule has 2 aromatic rings. The van der Waals surface area contributed by atoms with Crippen LogP contribution in [0.25, 0.3) is 0 Å². The molecule has 0 spiro atoms. The van der Waals surface area contributed by atoms with Gasteiger partial charge in [0.1, 0.15) is 11.6 Å². The summed E-state index contributed by atoms with van der Waals surface area (Å²) in [4.78, 5) is 0. The summed E-state index contributed by atoms with van der Waals surface area (Å²) >= 11 is 5.72. The third-order valence-corrected chi connectivity index (χ3v) is 3.45. The first-order chi connectivity index (χ1) is 9.99. The van der Waals surface area contributed by atoms with Crippen LogP contribution in [0, 0.1) is 11.6 Å². The monoisotopic (exact) mass is 313 g/mol. The molecule has 3 nitrogen and oxygen atoms in total. The van der Waals surface area contributed by atoms with Crippen LogP contribution in [0.2, 0.25) is 5.02 Å². The highest BCUT2D eigenvalue weighted by molar-refractivity contribution is 6.30. The van der Waals surface area contributed by atoms with Gasteiger partial charge in [-0.15, -0.1) is 0 Å². The predicted molar refractivity (Wildman–Crippen MR) is 76.9 cm³/mol. The van der Waals surface area contributed by atoms with E-state index in [1.54, 1.807) is 6.07 Å². The fraction of sp³-hybridized carbons (Fsp3) is 0.200. The molecular formula is C15H14ClF2NO2. The van der Waals surface area contributed by atoms with Gasteiger partial charge in [-0.3, -0.25) is 0 Å². The maximum Gasteiger partial charge on any atom is 0.163 e. The lowest BCUT2D eigenvalue weighted by molar-refractivity contribution is 0.351. The fourth-order valence-corrected chi connectivity index (χ4v) is 2.22. The van der Waals surface area contributed by atoms with Gasteiger partial charge in [-0.1, -0.05) is 23.7 Å². The van der Waals surface area contributed by atoms with Gasteiger partial charge < -0.3 is 15.2 Å². The Kier molecular flexibility index (Phi) is 4.65. The summed E-state index contributed by atoms with van der Waals surface area (Å²) < 4.78 is 38.3. The molecule has 2 aromatic carbocycles. The van der Waals surface area contributed by atoms with Gasteiger partial charge in [-0.25, -0.2) is 8.78 Å². The second-order valence-electron chi connectivity index (χ2n) is 4.35. The predicted octanol–water partition coefficient (Wildman–Crippen LogP) is 3.68. The molecule has 1 atom stereocenters. The van der Waals surface area contributed by atoms with Crippen LogP contribution in [0.5, 0.6) is 11.5 Å². The molecule has 0 saturated heterocycles. The first kappa shape index (κ1) is 15.5. The van der Waals surface area contributed by atoms with Gasteiger partial charge >= 0.3 is 0 Å². The van der Waals surface area contributed by atoms with Crippen molar-refractivity contribution in [2.75, 3.05) is 14.2 Å². The number of benzene rings is 2. The Hall–Kier alpha value is -1.85. The van der Waals surface area contributed by atoms with Crippen molar-refractivity contribution in [2.45, 2.75) is 6.04 Å². The SMILES string of the molecule is COc1cc(F)c(C(N)c2cccc(Cl)c2F)cc1OC. The molecule has 2 N–H and O–H groups in total. The molecule has 2 rings (SSSR count). The molecule has 0 amide bonds. The van der Waals surface area contributed by atoms with Crippen molar-refractivity contribution in [3.8, 4) is 11.5 Å². The highest BCUT2D eigenvalue weighted by Gasteiger charge is 2.21. The van der Waals surface area contributed by atoms with Gasteiger partial charge in [0.2, 0.25) is 0 Å². The van der Waals surface area contributed by atoms with E-state index in [1.165, 1.54) is 32.4 Å². The van der Waals surface area contributed by atoms with Crippen molar-refractivity contribution in [3.63, 3.8) is 0 Å². The number of methoxy groups -OCH3 is 2. The molecule has 0 aliphatic heterocycles. The first-order valence-electron chi connectivity index (χ1n) is 6.10. The standard InChI is InChI=1S/C15H14ClF2NO2/c1-20-12-6-9(11(17)7-13(12)21-2)15(19)8-4-3-5-10(16)14(8)18/h3-7,15H,19H2,1-2H3. The summed E-state index contributed by atoms with van der Waals surface area (Å²) in [6.45, 7) is 0. The van der Waals surface area contributed by atoms with Crippen LogP contribution in [0.15, 0.2) is 30.3 Å². The highest BCUT2D eigenvalue weighted by Crippen LogP contribution is 2.35. The number of nitrogens with two attached hydrogens (primary N) is 1. The summed E-state index contributed by atoms with van der Waals surface area (Å²) in [5, 5.41) is -0.0659. The van der Waals surface area contributed by atoms with Crippen molar-refractivity contribution >= 4 is 11.6 Å². The van der Waals surface area contributed by atoms with Gasteiger partial charge in [0.15, 0.2) is 11.5 Å². The average molecular weight is 314 g/mol. The van der Waals surface area contributed by atoms with Gasteiger partial charge in [-0.2, -0.15) is 0 Å². The highest BCUT2D eigenvalue weighted by atomic mass is 35.5. The minimum absolute atomic E-state index is 0.0659. The number of rotatable bonds is 4. The summed E-state index contributed by atoms with van der Waals surface area (Å²) in [6.07, 6.45) is 0. The fourth-order valence-electron chi connectivity index (χ4n) is 2.04. The lowest BCUT2D eigenvalue weighted by Gasteiger charge is -2.17. The van der Waals surface area contributed by atoms with Crippen LogP contribution in [-0.4, -0.2) is 14.2 Å². The molecule has 6 heteroatoms. The minimum Gasteiger partial charge on any atom is -0.493 e. The van der Waals surface area contributed by atoms with E-state index in [9.17, 15) is 8.78 Å². The molecule has 0 aromatic heterocycles. The molecule has 0 aliphatic rings. The quantitative estimate of drug-likeness (QED) is 0.936. The molecule has 0 saturated carbocycles. The second-order valence-corrected chi connectivity index (χ2v) is 4.76. The molecule has 112 valence electrons. The molecule has 0 heterocycles. The minimum atomic E-state index is -1.01. The van der Waals surface area contributed by atoms with Crippen molar-refractivity contribution in [2.24, 2.45) is 5.73 Å². The van der Waals surface area contributed by atoms with Crippen molar-refractivity contribution in [1.29, 1.82) is 0 Å². The lowest BCUT2D eigenvalue weighted by atomic mass is 9.98. The number of hydrogen-bond donors (Lipinski definition) is 1. The van der Waals surface area contributed by atoms with E-state index in [0.717, 1.165) is 6.07 Å². The van der Waals surface area contributed by atoms with E-state index in [4.69, 9.17) is 26.8 Å². The van der Waals surface area contributed by atoms with E-state index < -0.39 is 17.7 Å². The molecule has 0 radical (unpaired) electrons. The molecule has 0 fully saturated rings. The van der Waals surface area contributed by atoms with Crippen LogP contribution in [0.4, 0.5) is 8.78 Å². The van der Waals surface area contributed by atoms with Gasteiger partial charge in [0, 0.05) is 17.2 Å². The smallest absolute Gasteiger partial charge is 0.163 e. The topological polar surface area (TPSA) is 44.5 Å². The lowest BCUT2D eigenvalue weighted by Crippen LogP contribution is -2.16. The second kappa shape index (κ2) is 6.28. The largest absolute Gasteiger partial charge is 0.493 e. The van der Waals surface area contributed by atoms with Crippen molar-refractivity contribution in [3.05, 3.63) is 58.1 Å². The molecule has 1 unspecified atom stereocenters. The van der Waals surface area contributed by atoms with Gasteiger partial charge in [-0.05, 0) is 12.1 Å². The average Bonchev–Trinajstić information content (AvgIpc) is 2.49. The Morgan fingerprint density at radius 1 is 1.05 bits per heavy atom. The zero-order valence-corrected chi connectivity index (χ0v) is 12.2. The molecular weight excluding hydrogens is 300 g/mol. The Morgan fingerprint density at radius 2 is 1.67 bits per heavy atom. The Bertz CT molecular complexity index is 664. The normalized spacial score (nSPS) is 12.1.